The Bertz CT molecular complexity index is 381. The molecule has 2 heterocycles. The number of hydrogen-bond donors (Lipinski definition) is 2. The molecule has 0 saturated carbocycles. The molecule has 0 aromatic heterocycles. The molecule has 2 rings (SSSR count). The first kappa shape index (κ1) is 14.6. The number of hydrogen-bond acceptors (Lipinski definition) is 4. The van der Waals surface area contributed by atoms with E-state index in [0.717, 1.165) is 5.75 Å². The summed E-state index contributed by atoms with van der Waals surface area (Å²) in [5, 5.41) is 12.0. The molecule has 2 amide bonds. The maximum absolute atomic E-state index is 12.1. The first-order chi connectivity index (χ1) is 9.08. The zero-order valence-electron chi connectivity index (χ0n) is 10.5. The van der Waals surface area contributed by atoms with Crippen LogP contribution in [0.25, 0.3) is 0 Å². The molecule has 2 aliphatic heterocycles. The number of nitrogens with zero attached hydrogens (tertiary/aromatic N) is 1. The van der Waals surface area contributed by atoms with Crippen LogP contribution in [0.4, 0.5) is 4.79 Å². The minimum Gasteiger partial charge on any atom is -0.480 e. The van der Waals surface area contributed by atoms with Gasteiger partial charge in [-0.25, -0.2) is 9.59 Å². The summed E-state index contributed by atoms with van der Waals surface area (Å²) < 4.78 is 11.2. The van der Waals surface area contributed by atoms with Crippen LogP contribution < -0.4 is 5.32 Å². The molecule has 2 saturated heterocycles. The van der Waals surface area contributed by atoms with E-state index in [2.05, 4.69) is 5.32 Å². The first-order valence-corrected chi connectivity index (χ1v) is 8.95. The molecule has 1 unspecified atom stereocenters. The highest BCUT2D eigenvalue weighted by atomic mass is 32.2. The van der Waals surface area contributed by atoms with E-state index in [0.29, 0.717) is 36.6 Å². The Kier molecular flexibility index (Phi) is 5.09. The Morgan fingerprint density at radius 3 is 2.63 bits per heavy atom. The Hall–Kier alpha value is -0.760. The summed E-state index contributed by atoms with van der Waals surface area (Å²) in [6.07, 6.45) is 1.41. The topological polar surface area (TPSA) is 86.7 Å². The van der Waals surface area contributed by atoms with Crippen molar-refractivity contribution in [2.75, 3.05) is 29.6 Å². The molecule has 2 aliphatic rings. The molecule has 0 spiro atoms. The van der Waals surface area contributed by atoms with Crippen molar-refractivity contribution < 1.29 is 18.9 Å². The highest BCUT2D eigenvalue weighted by molar-refractivity contribution is 7.99. The number of nitrogens with one attached hydrogen (secondary N) is 1. The predicted octanol–water partition coefficient (Wildman–Crippen LogP) is 0.109. The van der Waals surface area contributed by atoms with Crippen LogP contribution in [0.3, 0.4) is 0 Å². The highest BCUT2D eigenvalue weighted by Crippen LogP contribution is 2.17. The van der Waals surface area contributed by atoms with Crippen molar-refractivity contribution in [2.45, 2.75) is 24.9 Å². The lowest BCUT2D eigenvalue weighted by Crippen LogP contribution is -2.56. The van der Waals surface area contributed by atoms with E-state index < -0.39 is 22.8 Å². The van der Waals surface area contributed by atoms with Gasteiger partial charge in [-0.1, -0.05) is 0 Å². The third-order valence-corrected chi connectivity index (χ3v) is 5.79. The van der Waals surface area contributed by atoms with E-state index >= 15 is 0 Å². The number of carboxylic acid groups (broad SMARTS) is 1. The third kappa shape index (κ3) is 3.85. The fourth-order valence-electron chi connectivity index (χ4n) is 2.25. The average Bonchev–Trinajstić information content (AvgIpc) is 2.41. The van der Waals surface area contributed by atoms with Gasteiger partial charge in [0, 0.05) is 46.4 Å². The Morgan fingerprint density at radius 2 is 2.00 bits per heavy atom. The molecule has 6 nitrogen and oxygen atoms in total. The number of carbonyl (C=O) groups excluding carboxylic acids is 1. The monoisotopic (exact) mass is 306 g/mol. The minimum absolute atomic E-state index is 0.0224. The molecule has 1 atom stereocenters. The fourth-order valence-corrected chi connectivity index (χ4v) is 4.58. The van der Waals surface area contributed by atoms with Crippen LogP contribution in [0, 0.1) is 0 Å². The number of rotatable bonds is 2. The second-order valence-electron chi connectivity index (χ2n) is 4.69. The van der Waals surface area contributed by atoms with E-state index in [-0.39, 0.29) is 12.1 Å². The quantitative estimate of drug-likeness (QED) is 0.756. The third-order valence-electron chi connectivity index (χ3n) is 3.39. The van der Waals surface area contributed by atoms with Crippen LogP contribution in [0.1, 0.15) is 12.8 Å². The lowest BCUT2D eigenvalue weighted by atomic mass is 10.1. The van der Waals surface area contributed by atoms with Gasteiger partial charge in [0.05, 0.1) is 0 Å². The molecule has 8 heteroatoms. The van der Waals surface area contributed by atoms with Crippen molar-refractivity contribution in [1.82, 2.24) is 10.2 Å². The number of carboxylic acids is 1. The fraction of sp³-hybridized carbons (Fsp3) is 0.818. The molecule has 0 bridgehead atoms. The van der Waals surface area contributed by atoms with Crippen molar-refractivity contribution in [3.8, 4) is 0 Å². The van der Waals surface area contributed by atoms with Gasteiger partial charge in [0.15, 0.2) is 0 Å². The van der Waals surface area contributed by atoms with Crippen molar-refractivity contribution in [3.63, 3.8) is 0 Å². The van der Waals surface area contributed by atoms with E-state index in [4.69, 9.17) is 5.11 Å². The number of carbonyl (C=O) groups is 2. The smallest absolute Gasteiger partial charge is 0.327 e. The Morgan fingerprint density at radius 1 is 1.32 bits per heavy atom. The number of aliphatic carboxylic acids is 1. The molecule has 0 radical (unpaired) electrons. The van der Waals surface area contributed by atoms with Gasteiger partial charge in [-0.05, 0) is 12.8 Å². The van der Waals surface area contributed by atoms with Gasteiger partial charge in [-0.15, -0.1) is 0 Å². The molecule has 0 aromatic carbocycles. The SMILES string of the molecule is O=C(O)C1CSCCN1C(=O)NC1CCS(=O)CC1. The lowest BCUT2D eigenvalue weighted by molar-refractivity contribution is -0.141. The summed E-state index contributed by atoms with van der Waals surface area (Å²) in [4.78, 5) is 24.7. The molecule has 19 heavy (non-hydrogen) atoms. The lowest BCUT2D eigenvalue weighted by Gasteiger charge is -2.34. The summed E-state index contributed by atoms with van der Waals surface area (Å²) in [5.41, 5.74) is 0. The van der Waals surface area contributed by atoms with Gasteiger partial charge in [0.25, 0.3) is 0 Å². The van der Waals surface area contributed by atoms with E-state index in [1.165, 1.54) is 4.90 Å². The summed E-state index contributed by atoms with van der Waals surface area (Å²) in [7, 11) is -0.757. The normalized spacial score (nSPS) is 31.8. The van der Waals surface area contributed by atoms with Crippen LogP contribution >= 0.6 is 11.8 Å². The average molecular weight is 306 g/mol. The number of urea groups is 1. The molecular formula is C11H18N2O4S2. The molecule has 108 valence electrons. The van der Waals surface area contributed by atoms with Gasteiger partial charge in [0.2, 0.25) is 0 Å². The van der Waals surface area contributed by atoms with Crippen molar-refractivity contribution >= 4 is 34.6 Å². The van der Waals surface area contributed by atoms with Gasteiger partial charge >= 0.3 is 12.0 Å². The maximum Gasteiger partial charge on any atom is 0.327 e. The van der Waals surface area contributed by atoms with Crippen molar-refractivity contribution in [2.24, 2.45) is 0 Å². The summed E-state index contributed by atoms with van der Waals surface area (Å²) in [6, 6.07) is -1.02. The van der Waals surface area contributed by atoms with E-state index in [9.17, 15) is 13.8 Å². The van der Waals surface area contributed by atoms with Gasteiger partial charge in [0.1, 0.15) is 6.04 Å². The molecular weight excluding hydrogens is 288 g/mol. The van der Waals surface area contributed by atoms with Crippen LogP contribution in [0.15, 0.2) is 0 Å². The Balaban J connectivity index is 1.90. The second kappa shape index (κ2) is 6.60. The van der Waals surface area contributed by atoms with Crippen molar-refractivity contribution in [3.05, 3.63) is 0 Å². The number of amides is 2. The summed E-state index contributed by atoms with van der Waals surface area (Å²) in [6.45, 7) is 0.464. The maximum atomic E-state index is 12.1. The van der Waals surface area contributed by atoms with Crippen LogP contribution in [-0.2, 0) is 15.6 Å². The predicted molar refractivity (Wildman–Crippen MR) is 74.9 cm³/mol. The standard InChI is InChI=1S/C11H18N2O4S2/c14-10(15)9-7-18-4-3-13(9)11(16)12-8-1-5-19(17)6-2-8/h8-9H,1-7H2,(H,12,16)(H,14,15). The minimum atomic E-state index is -0.952. The van der Waals surface area contributed by atoms with E-state index in [1.807, 2.05) is 0 Å². The first-order valence-electron chi connectivity index (χ1n) is 6.30. The van der Waals surface area contributed by atoms with Crippen LogP contribution in [0.5, 0.6) is 0 Å². The summed E-state index contributed by atoms with van der Waals surface area (Å²) >= 11 is 1.56. The molecule has 2 N–H and O–H groups in total. The zero-order chi connectivity index (χ0) is 13.8. The van der Waals surface area contributed by atoms with E-state index in [1.54, 1.807) is 11.8 Å². The van der Waals surface area contributed by atoms with Crippen LogP contribution in [-0.4, -0.2) is 67.9 Å². The second-order valence-corrected chi connectivity index (χ2v) is 7.54. The Labute approximate surface area is 118 Å². The summed E-state index contributed by atoms with van der Waals surface area (Å²) in [5.74, 6) is 1.49. The molecule has 0 aromatic rings. The number of thioether (sulfide) groups is 1. The largest absolute Gasteiger partial charge is 0.480 e. The highest BCUT2D eigenvalue weighted by Gasteiger charge is 2.33. The van der Waals surface area contributed by atoms with Crippen LogP contribution in [0.2, 0.25) is 0 Å². The van der Waals surface area contributed by atoms with Gasteiger partial charge < -0.3 is 15.3 Å². The molecule has 0 aliphatic carbocycles. The van der Waals surface area contributed by atoms with Gasteiger partial charge in [-0.3, -0.25) is 4.21 Å². The molecule has 2 fully saturated rings. The van der Waals surface area contributed by atoms with Crippen molar-refractivity contribution in [1.29, 1.82) is 0 Å². The van der Waals surface area contributed by atoms with Gasteiger partial charge in [-0.2, -0.15) is 11.8 Å². The zero-order valence-corrected chi connectivity index (χ0v) is 12.2.